The maximum Gasteiger partial charge on any atom is 0.400 e. The fourth-order valence-corrected chi connectivity index (χ4v) is 4.62. The van der Waals surface area contributed by atoms with Crippen LogP contribution < -0.4 is 4.74 Å². The summed E-state index contributed by atoms with van der Waals surface area (Å²) in [6.07, 6.45) is 6.63. The highest BCUT2D eigenvalue weighted by atomic mass is 19.3. The van der Waals surface area contributed by atoms with Crippen molar-refractivity contribution < 1.29 is 13.5 Å². The molecule has 1 aromatic rings. The maximum absolute atomic E-state index is 14.5. The van der Waals surface area contributed by atoms with Crippen molar-refractivity contribution in [1.82, 2.24) is 0 Å². The van der Waals surface area contributed by atoms with Crippen molar-refractivity contribution in [1.29, 1.82) is 0 Å². The summed E-state index contributed by atoms with van der Waals surface area (Å²) in [6, 6.07) is 6.90. The molecule has 0 saturated heterocycles. The van der Waals surface area contributed by atoms with Crippen LogP contribution in [0.1, 0.15) is 70.3 Å². The number of ether oxygens (including phenoxy) is 1. The summed E-state index contributed by atoms with van der Waals surface area (Å²) < 4.78 is 34.1. The summed E-state index contributed by atoms with van der Waals surface area (Å²) in [5, 5.41) is 0. The fourth-order valence-electron chi connectivity index (χ4n) is 4.62. The van der Waals surface area contributed by atoms with Gasteiger partial charge >= 0.3 is 6.11 Å². The van der Waals surface area contributed by atoms with Crippen LogP contribution >= 0.6 is 0 Å². The first-order chi connectivity index (χ1) is 11.9. The summed E-state index contributed by atoms with van der Waals surface area (Å²) >= 11 is 0. The smallest absolute Gasteiger partial charge is 0.400 e. The van der Waals surface area contributed by atoms with Gasteiger partial charge in [0.2, 0.25) is 0 Å². The van der Waals surface area contributed by atoms with E-state index in [0.717, 1.165) is 30.2 Å². The zero-order chi connectivity index (χ0) is 17.9. The second-order valence-corrected chi connectivity index (χ2v) is 8.56. The molecule has 1 aromatic carbocycles. The second-order valence-electron chi connectivity index (χ2n) is 8.56. The average molecular weight is 350 g/mol. The summed E-state index contributed by atoms with van der Waals surface area (Å²) in [6.45, 7) is 4.29. The van der Waals surface area contributed by atoms with Crippen LogP contribution in [-0.4, -0.2) is 6.11 Å². The highest BCUT2D eigenvalue weighted by molar-refractivity contribution is 5.26. The Labute approximate surface area is 151 Å². The lowest BCUT2D eigenvalue weighted by Gasteiger charge is -2.35. The molecule has 0 heterocycles. The van der Waals surface area contributed by atoms with Crippen molar-refractivity contribution in [3.05, 3.63) is 29.8 Å². The molecule has 3 heteroatoms. The third-order valence-electron chi connectivity index (χ3n) is 6.40. The monoisotopic (exact) mass is 350 g/mol. The molecule has 25 heavy (non-hydrogen) atoms. The van der Waals surface area contributed by atoms with Gasteiger partial charge in [0, 0.05) is 0 Å². The number of halogens is 2. The van der Waals surface area contributed by atoms with E-state index < -0.39 is 12.0 Å². The molecule has 140 valence electrons. The number of hydrogen-bond donors (Lipinski definition) is 0. The average Bonchev–Trinajstić information content (AvgIpc) is 2.59. The molecule has 2 saturated carbocycles. The van der Waals surface area contributed by atoms with Crippen molar-refractivity contribution in [2.75, 3.05) is 0 Å². The topological polar surface area (TPSA) is 9.23 Å². The number of aryl methyl sites for hydroxylation is 1. The van der Waals surface area contributed by atoms with Crippen LogP contribution in [0.2, 0.25) is 0 Å². The minimum atomic E-state index is -3.06. The molecular weight excluding hydrogens is 318 g/mol. The van der Waals surface area contributed by atoms with Gasteiger partial charge in [-0.05, 0) is 68.9 Å². The van der Waals surface area contributed by atoms with Crippen molar-refractivity contribution >= 4 is 0 Å². The fraction of sp³-hybridized carbons (Fsp3) is 0.727. The normalized spacial score (nSPS) is 30.9. The van der Waals surface area contributed by atoms with Gasteiger partial charge in [0.1, 0.15) is 5.75 Å². The van der Waals surface area contributed by atoms with E-state index in [2.05, 4.69) is 6.92 Å². The molecule has 0 aromatic heterocycles. The first-order valence-electron chi connectivity index (χ1n) is 10.1. The Bertz CT molecular complexity index is 523. The van der Waals surface area contributed by atoms with E-state index in [1.807, 2.05) is 19.1 Å². The molecule has 0 spiro atoms. The van der Waals surface area contributed by atoms with Gasteiger partial charge in [0.25, 0.3) is 0 Å². The number of alkyl halides is 2. The minimum absolute atomic E-state index is 0.272. The van der Waals surface area contributed by atoms with Gasteiger partial charge < -0.3 is 4.74 Å². The number of benzene rings is 1. The molecule has 0 radical (unpaired) electrons. The summed E-state index contributed by atoms with van der Waals surface area (Å²) in [5.74, 6) is 1.99. The van der Waals surface area contributed by atoms with Gasteiger partial charge in [-0.2, -0.15) is 8.78 Å². The lowest BCUT2D eigenvalue weighted by atomic mass is 9.73. The Morgan fingerprint density at radius 2 is 1.40 bits per heavy atom. The van der Waals surface area contributed by atoms with E-state index in [1.165, 1.54) is 32.1 Å². The van der Waals surface area contributed by atoms with E-state index in [0.29, 0.717) is 18.8 Å². The van der Waals surface area contributed by atoms with Crippen molar-refractivity contribution in [2.24, 2.45) is 23.7 Å². The molecule has 0 N–H and O–H groups in total. The summed E-state index contributed by atoms with van der Waals surface area (Å²) in [5.41, 5.74) is 1.05. The van der Waals surface area contributed by atoms with Crippen LogP contribution in [0.3, 0.4) is 0 Å². The molecule has 0 aliphatic heterocycles. The third-order valence-corrected chi connectivity index (χ3v) is 6.40. The van der Waals surface area contributed by atoms with Crippen molar-refractivity contribution in [3.63, 3.8) is 0 Å². The molecular formula is C22H32F2O. The van der Waals surface area contributed by atoms with Crippen LogP contribution in [0.5, 0.6) is 5.75 Å². The van der Waals surface area contributed by atoms with Gasteiger partial charge in [-0.25, -0.2) is 0 Å². The molecule has 0 unspecified atom stereocenters. The SMILES string of the molecule is Cc1ccc(OC(F)(F)C2CCC(CC3CCC(C)CC3)CC2)cc1. The molecule has 0 atom stereocenters. The summed E-state index contributed by atoms with van der Waals surface area (Å²) in [7, 11) is 0. The van der Waals surface area contributed by atoms with Crippen LogP contribution in [-0.2, 0) is 0 Å². The Balaban J connectivity index is 1.46. The highest BCUT2D eigenvalue weighted by Gasteiger charge is 2.44. The molecule has 3 rings (SSSR count). The molecule has 0 amide bonds. The quantitative estimate of drug-likeness (QED) is 0.556. The number of rotatable bonds is 5. The predicted octanol–water partition coefficient (Wildman–Crippen LogP) is 6.99. The van der Waals surface area contributed by atoms with Crippen LogP contribution in [0.15, 0.2) is 24.3 Å². The van der Waals surface area contributed by atoms with E-state index in [-0.39, 0.29) is 5.75 Å². The first-order valence-corrected chi connectivity index (χ1v) is 10.1. The van der Waals surface area contributed by atoms with Gasteiger partial charge in [0.15, 0.2) is 0 Å². The van der Waals surface area contributed by atoms with Crippen molar-refractivity contribution in [2.45, 2.75) is 77.7 Å². The molecule has 2 aliphatic carbocycles. The maximum atomic E-state index is 14.5. The predicted molar refractivity (Wildman–Crippen MR) is 97.9 cm³/mol. The Morgan fingerprint density at radius 1 is 0.880 bits per heavy atom. The zero-order valence-electron chi connectivity index (χ0n) is 15.6. The third kappa shape index (κ3) is 5.18. The standard InChI is InChI=1S/C22H32F2O/c1-16-3-7-18(8-4-16)15-19-9-11-20(12-10-19)22(23,24)25-21-13-5-17(2)6-14-21/h5-6,13-14,16,18-20H,3-4,7-12,15H2,1-2H3. The van der Waals surface area contributed by atoms with Crippen molar-refractivity contribution in [3.8, 4) is 5.75 Å². The van der Waals surface area contributed by atoms with Gasteiger partial charge in [-0.3, -0.25) is 0 Å². The first kappa shape index (κ1) is 18.7. The van der Waals surface area contributed by atoms with E-state index in [4.69, 9.17) is 4.74 Å². The molecule has 0 bridgehead atoms. The lowest BCUT2D eigenvalue weighted by Crippen LogP contribution is -2.37. The van der Waals surface area contributed by atoms with Crippen LogP contribution in [0.25, 0.3) is 0 Å². The Hall–Kier alpha value is -1.12. The van der Waals surface area contributed by atoms with Gasteiger partial charge in [0.05, 0.1) is 5.92 Å². The lowest BCUT2D eigenvalue weighted by molar-refractivity contribution is -0.223. The van der Waals surface area contributed by atoms with Crippen LogP contribution in [0, 0.1) is 30.6 Å². The molecule has 2 fully saturated rings. The number of hydrogen-bond acceptors (Lipinski definition) is 1. The Kier molecular flexibility index (Phi) is 6.01. The van der Waals surface area contributed by atoms with E-state index in [9.17, 15) is 8.78 Å². The van der Waals surface area contributed by atoms with Crippen LogP contribution in [0.4, 0.5) is 8.78 Å². The van der Waals surface area contributed by atoms with Gasteiger partial charge in [-0.15, -0.1) is 0 Å². The summed E-state index contributed by atoms with van der Waals surface area (Å²) in [4.78, 5) is 0. The minimum Gasteiger partial charge on any atom is -0.432 e. The van der Waals surface area contributed by atoms with Gasteiger partial charge in [-0.1, -0.05) is 50.3 Å². The van der Waals surface area contributed by atoms with E-state index >= 15 is 0 Å². The van der Waals surface area contributed by atoms with E-state index in [1.54, 1.807) is 12.1 Å². The largest absolute Gasteiger partial charge is 0.432 e. The highest BCUT2D eigenvalue weighted by Crippen LogP contribution is 2.43. The molecule has 1 nitrogen and oxygen atoms in total. The zero-order valence-corrected chi connectivity index (χ0v) is 15.6. The molecule has 2 aliphatic rings. The second kappa shape index (κ2) is 8.05. The Morgan fingerprint density at radius 3 is 1.96 bits per heavy atom.